The van der Waals surface area contributed by atoms with Crippen molar-refractivity contribution < 1.29 is 13.9 Å². The normalized spacial score (nSPS) is 10.8. The van der Waals surface area contributed by atoms with Crippen LogP contribution >= 0.6 is 15.9 Å². The van der Waals surface area contributed by atoms with Gasteiger partial charge in [0.1, 0.15) is 11.5 Å². The number of rotatable bonds is 4. The first kappa shape index (κ1) is 15.6. The van der Waals surface area contributed by atoms with Crippen molar-refractivity contribution in [3.05, 3.63) is 46.2 Å². The van der Waals surface area contributed by atoms with E-state index >= 15 is 0 Å². The Morgan fingerprint density at radius 2 is 1.81 bits per heavy atom. The lowest BCUT2D eigenvalue weighted by Gasteiger charge is -2.15. The molecule has 0 saturated heterocycles. The second-order valence-corrected chi connectivity index (χ2v) is 5.88. The SMILES string of the molecule is COc1cc(Oc2ccc(Br)cc2C(C)C)c(F)cc1N. The summed E-state index contributed by atoms with van der Waals surface area (Å²) in [5.74, 6) is 0.806. The summed E-state index contributed by atoms with van der Waals surface area (Å²) in [6.45, 7) is 4.10. The number of halogens is 2. The monoisotopic (exact) mass is 353 g/mol. The second-order valence-electron chi connectivity index (χ2n) is 4.96. The van der Waals surface area contributed by atoms with Gasteiger partial charge in [-0.2, -0.15) is 0 Å². The number of ether oxygens (including phenoxy) is 2. The summed E-state index contributed by atoms with van der Waals surface area (Å²) < 4.78 is 25.8. The highest BCUT2D eigenvalue weighted by atomic mass is 79.9. The maximum atomic E-state index is 14.0. The highest BCUT2D eigenvalue weighted by Crippen LogP contribution is 2.36. The summed E-state index contributed by atoms with van der Waals surface area (Å²) in [6, 6.07) is 8.28. The van der Waals surface area contributed by atoms with Gasteiger partial charge in [0.15, 0.2) is 11.6 Å². The van der Waals surface area contributed by atoms with Gasteiger partial charge in [0.2, 0.25) is 0 Å². The third-order valence-corrected chi connectivity index (χ3v) is 3.59. The molecular weight excluding hydrogens is 337 g/mol. The predicted octanol–water partition coefficient (Wildman–Crippen LogP) is 5.09. The fourth-order valence-electron chi connectivity index (χ4n) is 1.99. The van der Waals surface area contributed by atoms with Gasteiger partial charge in [0.25, 0.3) is 0 Å². The van der Waals surface area contributed by atoms with Gasteiger partial charge in [0, 0.05) is 16.6 Å². The largest absolute Gasteiger partial charge is 0.494 e. The second kappa shape index (κ2) is 6.35. The molecule has 0 aromatic heterocycles. The number of benzene rings is 2. The molecule has 2 rings (SSSR count). The standard InChI is InChI=1S/C16H17BrFNO2/c1-9(2)11-6-10(17)4-5-14(11)21-15-8-16(20-3)13(19)7-12(15)18/h4-9H,19H2,1-3H3. The Morgan fingerprint density at radius 1 is 1.10 bits per heavy atom. The number of nitrogen functional groups attached to an aromatic ring is 1. The van der Waals surface area contributed by atoms with E-state index in [1.807, 2.05) is 18.2 Å². The molecule has 0 saturated carbocycles. The molecule has 21 heavy (non-hydrogen) atoms. The number of nitrogens with two attached hydrogens (primary N) is 1. The number of methoxy groups -OCH3 is 1. The Kier molecular flexibility index (Phi) is 4.73. The molecule has 2 aromatic carbocycles. The Hall–Kier alpha value is -1.75. The highest BCUT2D eigenvalue weighted by molar-refractivity contribution is 9.10. The van der Waals surface area contributed by atoms with E-state index < -0.39 is 5.82 Å². The lowest BCUT2D eigenvalue weighted by atomic mass is 10.0. The van der Waals surface area contributed by atoms with E-state index in [0.29, 0.717) is 11.5 Å². The molecule has 112 valence electrons. The third kappa shape index (κ3) is 3.47. The quantitative estimate of drug-likeness (QED) is 0.778. The van der Waals surface area contributed by atoms with Gasteiger partial charge in [-0.25, -0.2) is 4.39 Å². The van der Waals surface area contributed by atoms with Gasteiger partial charge in [-0.15, -0.1) is 0 Å². The highest BCUT2D eigenvalue weighted by Gasteiger charge is 2.14. The molecule has 5 heteroatoms. The maximum absolute atomic E-state index is 14.0. The Bertz CT molecular complexity index is 659. The lowest BCUT2D eigenvalue weighted by molar-refractivity contribution is 0.401. The van der Waals surface area contributed by atoms with Gasteiger partial charge in [-0.3, -0.25) is 0 Å². The summed E-state index contributed by atoms with van der Waals surface area (Å²) in [4.78, 5) is 0. The summed E-state index contributed by atoms with van der Waals surface area (Å²) in [5, 5.41) is 0. The third-order valence-electron chi connectivity index (χ3n) is 3.10. The van der Waals surface area contributed by atoms with Crippen LogP contribution in [-0.4, -0.2) is 7.11 Å². The fraction of sp³-hybridized carbons (Fsp3) is 0.250. The summed E-state index contributed by atoms with van der Waals surface area (Å²) in [5.41, 5.74) is 6.89. The van der Waals surface area contributed by atoms with Crippen LogP contribution in [0.1, 0.15) is 25.3 Å². The van der Waals surface area contributed by atoms with E-state index in [-0.39, 0.29) is 17.4 Å². The van der Waals surface area contributed by atoms with Crippen LogP contribution in [0.4, 0.5) is 10.1 Å². The molecule has 3 nitrogen and oxygen atoms in total. The van der Waals surface area contributed by atoms with Crippen molar-refractivity contribution in [1.82, 2.24) is 0 Å². The smallest absolute Gasteiger partial charge is 0.168 e. The lowest BCUT2D eigenvalue weighted by Crippen LogP contribution is -1.98. The maximum Gasteiger partial charge on any atom is 0.168 e. The van der Waals surface area contributed by atoms with Crippen molar-refractivity contribution in [2.45, 2.75) is 19.8 Å². The summed E-state index contributed by atoms with van der Waals surface area (Å²) in [7, 11) is 1.48. The molecule has 0 aliphatic carbocycles. The molecule has 2 N–H and O–H groups in total. The minimum absolute atomic E-state index is 0.0882. The molecule has 0 unspecified atom stereocenters. The molecule has 0 amide bonds. The first-order chi connectivity index (χ1) is 9.92. The van der Waals surface area contributed by atoms with Crippen LogP contribution in [-0.2, 0) is 0 Å². The van der Waals surface area contributed by atoms with E-state index in [4.69, 9.17) is 15.2 Å². The summed E-state index contributed by atoms with van der Waals surface area (Å²) >= 11 is 3.43. The van der Waals surface area contributed by atoms with E-state index in [0.717, 1.165) is 10.0 Å². The number of anilines is 1. The molecule has 0 spiro atoms. The van der Waals surface area contributed by atoms with E-state index in [1.165, 1.54) is 19.2 Å². The van der Waals surface area contributed by atoms with Crippen molar-refractivity contribution in [1.29, 1.82) is 0 Å². The van der Waals surface area contributed by atoms with Crippen LogP contribution < -0.4 is 15.2 Å². The Morgan fingerprint density at radius 3 is 2.43 bits per heavy atom. The topological polar surface area (TPSA) is 44.5 Å². The van der Waals surface area contributed by atoms with E-state index in [9.17, 15) is 4.39 Å². The molecule has 0 heterocycles. The van der Waals surface area contributed by atoms with Gasteiger partial charge < -0.3 is 15.2 Å². The first-order valence-electron chi connectivity index (χ1n) is 6.52. The summed E-state index contributed by atoms with van der Waals surface area (Å²) in [6.07, 6.45) is 0. The van der Waals surface area contributed by atoms with Crippen molar-refractivity contribution in [2.24, 2.45) is 0 Å². The van der Waals surface area contributed by atoms with Crippen LogP contribution in [0.5, 0.6) is 17.2 Å². The van der Waals surface area contributed by atoms with Crippen molar-refractivity contribution in [3.63, 3.8) is 0 Å². The van der Waals surface area contributed by atoms with Crippen molar-refractivity contribution in [3.8, 4) is 17.2 Å². The molecule has 0 radical (unpaired) electrons. The predicted molar refractivity (Wildman–Crippen MR) is 85.7 cm³/mol. The number of hydrogen-bond acceptors (Lipinski definition) is 3. The molecule has 2 aromatic rings. The minimum Gasteiger partial charge on any atom is -0.494 e. The Labute approximate surface area is 132 Å². The zero-order chi connectivity index (χ0) is 15.6. The minimum atomic E-state index is -0.522. The average Bonchev–Trinajstić information content (AvgIpc) is 2.43. The molecule has 0 aliphatic rings. The van der Waals surface area contributed by atoms with Crippen LogP contribution in [0, 0.1) is 5.82 Å². The van der Waals surface area contributed by atoms with E-state index in [2.05, 4.69) is 29.8 Å². The van der Waals surface area contributed by atoms with Gasteiger partial charge in [0.05, 0.1) is 12.8 Å². The van der Waals surface area contributed by atoms with Crippen LogP contribution in [0.3, 0.4) is 0 Å². The first-order valence-corrected chi connectivity index (χ1v) is 7.32. The zero-order valence-electron chi connectivity index (χ0n) is 12.1. The average molecular weight is 354 g/mol. The molecule has 0 atom stereocenters. The van der Waals surface area contributed by atoms with Crippen LogP contribution in [0.15, 0.2) is 34.8 Å². The zero-order valence-corrected chi connectivity index (χ0v) is 13.7. The van der Waals surface area contributed by atoms with Crippen molar-refractivity contribution in [2.75, 3.05) is 12.8 Å². The van der Waals surface area contributed by atoms with E-state index in [1.54, 1.807) is 0 Å². The van der Waals surface area contributed by atoms with Crippen LogP contribution in [0.25, 0.3) is 0 Å². The fourth-order valence-corrected chi connectivity index (χ4v) is 2.37. The molecular formula is C16H17BrFNO2. The number of hydrogen-bond donors (Lipinski definition) is 1. The van der Waals surface area contributed by atoms with Crippen molar-refractivity contribution >= 4 is 21.6 Å². The molecule has 0 fully saturated rings. The molecule has 0 bridgehead atoms. The van der Waals surface area contributed by atoms with Gasteiger partial charge >= 0.3 is 0 Å². The van der Waals surface area contributed by atoms with Gasteiger partial charge in [-0.1, -0.05) is 29.8 Å². The van der Waals surface area contributed by atoms with Crippen LogP contribution in [0.2, 0.25) is 0 Å². The molecule has 0 aliphatic heterocycles. The Balaban J connectivity index is 2.43. The van der Waals surface area contributed by atoms with Gasteiger partial charge in [-0.05, 0) is 29.7 Å².